The fourth-order valence-corrected chi connectivity index (χ4v) is 3.67. The van der Waals surface area contributed by atoms with Crippen molar-refractivity contribution in [3.05, 3.63) is 103 Å². The van der Waals surface area contributed by atoms with Crippen molar-refractivity contribution in [3.8, 4) is 5.69 Å². The van der Waals surface area contributed by atoms with Crippen LogP contribution in [0.25, 0.3) is 28.7 Å². The number of hydrogen-bond donors (Lipinski definition) is 0. The largest absolute Gasteiger partial charge is 0.268 e. The van der Waals surface area contributed by atoms with Gasteiger partial charge in [-0.2, -0.15) is 0 Å². The first-order chi connectivity index (χ1) is 13.5. The lowest BCUT2D eigenvalue weighted by atomic mass is 10.1. The lowest BCUT2D eigenvalue weighted by Crippen LogP contribution is -2.23. The van der Waals surface area contributed by atoms with Gasteiger partial charge in [0.1, 0.15) is 5.82 Å². The number of benzene rings is 3. The summed E-state index contributed by atoms with van der Waals surface area (Å²) >= 11 is 2.22. The van der Waals surface area contributed by atoms with Gasteiger partial charge >= 0.3 is 0 Å². The fraction of sp³-hybridized carbons (Fsp3) is 0.0833. The third-order valence-electron chi connectivity index (χ3n) is 4.71. The van der Waals surface area contributed by atoms with E-state index in [1.165, 1.54) is 5.56 Å². The average Bonchev–Trinajstić information content (AvgIpc) is 2.69. The molecule has 0 atom stereocenters. The van der Waals surface area contributed by atoms with Crippen LogP contribution in [-0.2, 0) is 0 Å². The maximum Gasteiger partial charge on any atom is 0.266 e. The van der Waals surface area contributed by atoms with Crippen molar-refractivity contribution in [2.45, 2.75) is 13.8 Å². The molecule has 3 aromatic carbocycles. The summed E-state index contributed by atoms with van der Waals surface area (Å²) in [5, 5.41) is 0.627. The number of aromatic nitrogens is 2. The summed E-state index contributed by atoms with van der Waals surface area (Å²) in [6.07, 6.45) is 3.91. The van der Waals surface area contributed by atoms with Gasteiger partial charge in [0, 0.05) is 3.57 Å². The Bertz CT molecular complexity index is 1250. The van der Waals surface area contributed by atoms with Crippen LogP contribution in [0.3, 0.4) is 0 Å². The highest BCUT2D eigenvalue weighted by Gasteiger charge is 2.13. The van der Waals surface area contributed by atoms with E-state index in [0.29, 0.717) is 16.7 Å². The Labute approximate surface area is 177 Å². The van der Waals surface area contributed by atoms with Crippen molar-refractivity contribution in [1.29, 1.82) is 0 Å². The molecule has 0 saturated heterocycles. The predicted octanol–water partition coefficient (Wildman–Crippen LogP) is 5.78. The molecule has 0 aliphatic heterocycles. The van der Waals surface area contributed by atoms with Crippen molar-refractivity contribution in [1.82, 2.24) is 9.55 Å². The summed E-state index contributed by atoms with van der Waals surface area (Å²) in [5.41, 5.74) is 4.82. The highest BCUT2D eigenvalue weighted by atomic mass is 127. The van der Waals surface area contributed by atoms with Gasteiger partial charge in [0.15, 0.2) is 0 Å². The standard InChI is InChI=1S/C24H19IN2O/c1-16-7-9-18(10-8-16)11-14-23-26-21-13-12-19(25)15-20(21)24(28)27(23)22-6-4-3-5-17(22)2/h3-15H,1-2H3/b14-11+. The second-order valence-corrected chi connectivity index (χ2v) is 8.05. The summed E-state index contributed by atoms with van der Waals surface area (Å²) in [5.74, 6) is 0.619. The third kappa shape index (κ3) is 3.64. The summed E-state index contributed by atoms with van der Waals surface area (Å²) in [7, 11) is 0. The van der Waals surface area contributed by atoms with Crippen LogP contribution < -0.4 is 5.56 Å². The summed E-state index contributed by atoms with van der Waals surface area (Å²) < 4.78 is 2.72. The molecule has 0 radical (unpaired) electrons. The molecule has 0 aliphatic rings. The molecular formula is C24H19IN2O. The lowest BCUT2D eigenvalue weighted by molar-refractivity contribution is 0.934. The second-order valence-electron chi connectivity index (χ2n) is 6.80. The molecule has 1 aromatic heterocycles. The van der Waals surface area contributed by atoms with Gasteiger partial charge in [-0.25, -0.2) is 4.98 Å². The molecule has 4 rings (SSSR count). The molecule has 0 amide bonds. The number of halogens is 1. The average molecular weight is 478 g/mol. The van der Waals surface area contributed by atoms with Gasteiger partial charge in [-0.3, -0.25) is 9.36 Å². The Morgan fingerprint density at radius 2 is 1.68 bits per heavy atom. The maximum atomic E-state index is 13.4. The molecule has 4 aromatic rings. The second kappa shape index (κ2) is 7.72. The zero-order valence-electron chi connectivity index (χ0n) is 15.7. The van der Waals surface area contributed by atoms with Crippen molar-refractivity contribution < 1.29 is 0 Å². The van der Waals surface area contributed by atoms with E-state index in [2.05, 4.69) is 53.8 Å². The van der Waals surface area contributed by atoms with E-state index < -0.39 is 0 Å². The van der Waals surface area contributed by atoms with Crippen LogP contribution in [0.4, 0.5) is 0 Å². The van der Waals surface area contributed by atoms with E-state index in [0.717, 1.165) is 20.4 Å². The summed E-state index contributed by atoms with van der Waals surface area (Å²) in [6, 6.07) is 21.9. The topological polar surface area (TPSA) is 34.9 Å². The Morgan fingerprint density at radius 1 is 0.929 bits per heavy atom. The molecule has 0 fully saturated rings. The highest BCUT2D eigenvalue weighted by molar-refractivity contribution is 14.1. The molecule has 1 heterocycles. The molecule has 0 spiro atoms. The SMILES string of the molecule is Cc1ccc(/C=C/c2nc3ccc(I)cc3c(=O)n2-c2ccccc2C)cc1. The molecule has 4 heteroatoms. The summed E-state index contributed by atoms with van der Waals surface area (Å²) in [6.45, 7) is 4.07. The number of para-hydroxylation sites is 1. The van der Waals surface area contributed by atoms with Gasteiger partial charge in [0.25, 0.3) is 5.56 Å². The van der Waals surface area contributed by atoms with Gasteiger partial charge in [0.2, 0.25) is 0 Å². The molecule has 0 aliphatic carbocycles. The Morgan fingerprint density at radius 3 is 2.43 bits per heavy atom. The molecule has 0 N–H and O–H groups in total. The van der Waals surface area contributed by atoms with E-state index in [-0.39, 0.29) is 5.56 Å². The highest BCUT2D eigenvalue weighted by Crippen LogP contribution is 2.19. The van der Waals surface area contributed by atoms with Crippen LogP contribution in [0.5, 0.6) is 0 Å². The van der Waals surface area contributed by atoms with Gasteiger partial charge < -0.3 is 0 Å². The van der Waals surface area contributed by atoms with E-state index >= 15 is 0 Å². The zero-order valence-corrected chi connectivity index (χ0v) is 17.8. The van der Waals surface area contributed by atoms with Gasteiger partial charge in [-0.1, -0.05) is 54.1 Å². The van der Waals surface area contributed by atoms with Crippen molar-refractivity contribution >= 4 is 45.6 Å². The van der Waals surface area contributed by atoms with Crippen LogP contribution >= 0.6 is 22.6 Å². The van der Waals surface area contributed by atoms with Crippen LogP contribution in [0.1, 0.15) is 22.5 Å². The number of rotatable bonds is 3. The van der Waals surface area contributed by atoms with E-state index in [9.17, 15) is 4.79 Å². The van der Waals surface area contributed by atoms with E-state index in [4.69, 9.17) is 4.98 Å². The van der Waals surface area contributed by atoms with Gasteiger partial charge in [0.05, 0.1) is 16.6 Å². The van der Waals surface area contributed by atoms with Crippen LogP contribution in [0.15, 0.2) is 71.5 Å². The van der Waals surface area contributed by atoms with Gasteiger partial charge in [-0.05, 0) is 77.9 Å². The van der Waals surface area contributed by atoms with Gasteiger partial charge in [-0.15, -0.1) is 0 Å². The Hall–Kier alpha value is -2.73. The predicted molar refractivity (Wildman–Crippen MR) is 125 cm³/mol. The number of fused-ring (bicyclic) bond motifs is 1. The minimum absolute atomic E-state index is 0.0543. The minimum atomic E-state index is -0.0543. The number of nitrogens with zero attached hydrogens (tertiary/aromatic N) is 2. The molecule has 0 unspecified atom stereocenters. The molecule has 3 nitrogen and oxygen atoms in total. The maximum absolute atomic E-state index is 13.4. The molecule has 0 bridgehead atoms. The van der Waals surface area contributed by atoms with Crippen molar-refractivity contribution in [2.24, 2.45) is 0 Å². The first kappa shape index (κ1) is 18.6. The number of hydrogen-bond acceptors (Lipinski definition) is 2. The van der Waals surface area contributed by atoms with E-state index in [1.807, 2.05) is 61.5 Å². The molecule has 0 saturated carbocycles. The first-order valence-corrected chi connectivity index (χ1v) is 10.1. The van der Waals surface area contributed by atoms with Crippen molar-refractivity contribution in [2.75, 3.05) is 0 Å². The van der Waals surface area contributed by atoms with Crippen LogP contribution in [0.2, 0.25) is 0 Å². The quantitative estimate of drug-likeness (QED) is 0.350. The lowest BCUT2D eigenvalue weighted by Gasteiger charge is -2.13. The zero-order chi connectivity index (χ0) is 19.7. The number of aryl methyl sites for hydroxylation is 2. The molecular weight excluding hydrogens is 459 g/mol. The monoisotopic (exact) mass is 478 g/mol. The smallest absolute Gasteiger partial charge is 0.266 e. The Kier molecular flexibility index (Phi) is 5.13. The third-order valence-corrected chi connectivity index (χ3v) is 5.39. The fourth-order valence-electron chi connectivity index (χ4n) is 3.18. The molecule has 28 heavy (non-hydrogen) atoms. The summed E-state index contributed by atoms with van der Waals surface area (Å²) in [4.78, 5) is 18.2. The minimum Gasteiger partial charge on any atom is -0.268 e. The van der Waals surface area contributed by atoms with Crippen LogP contribution in [0, 0.1) is 17.4 Å². The van der Waals surface area contributed by atoms with Crippen LogP contribution in [-0.4, -0.2) is 9.55 Å². The normalized spacial score (nSPS) is 11.4. The molecule has 138 valence electrons. The van der Waals surface area contributed by atoms with E-state index in [1.54, 1.807) is 4.57 Å². The first-order valence-electron chi connectivity index (χ1n) is 9.06. The Balaban J connectivity index is 1.97. The van der Waals surface area contributed by atoms with Crippen molar-refractivity contribution in [3.63, 3.8) is 0 Å².